The average molecular weight is 545 g/mol. The summed E-state index contributed by atoms with van der Waals surface area (Å²) in [6.45, 7) is 6.30. The van der Waals surface area contributed by atoms with E-state index in [0.29, 0.717) is 24.1 Å². The van der Waals surface area contributed by atoms with Crippen molar-refractivity contribution in [2.24, 2.45) is 0 Å². The Morgan fingerprint density at radius 2 is 1.08 bits per heavy atom. The zero-order valence-corrected chi connectivity index (χ0v) is 25.1. The van der Waals surface area contributed by atoms with Gasteiger partial charge in [-0.2, -0.15) is 0 Å². The zero-order valence-electron chi connectivity index (χ0n) is 23.3. The lowest BCUT2D eigenvalue weighted by molar-refractivity contribution is 0.205. The molecule has 1 aromatic rings. The minimum atomic E-state index is -3.27. The molecule has 0 saturated carbocycles. The van der Waals surface area contributed by atoms with Crippen molar-refractivity contribution >= 4 is 17.4 Å². The summed E-state index contributed by atoms with van der Waals surface area (Å²) in [5, 5.41) is 0. The minimum absolute atomic E-state index is 0.143. The van der Waals surface area contributed by atoms with Gasteiger partial charge in [-0.3, -0.25) is 4.57 Å². The Labute approximate surface area is 222 Å². The first-order valence-electron chi connectivity index (χ1n) is 14.6. The SMILES string of the molecule is CCCCCCCCCCCCCCCCCCS(=O)(=O)c1ccc(COP(=O)(CC)OCC)cc1. The zero-order chi connectivity index (χ0) is 26.5. The fourth-order valence-electron chi connectivity index (χ4n) is 4.34. The molecule has 7 heteroatoms. The van der Waals surface area contributed by atoms with Crippen molar-refractivity contribution in [1.29, 1.82) is 0 Å². The van der Waals surface area contributed by atoms with E-state index in [1.54, 1.807) is 38.1 Å². The number of rotatable bonds is 24. The lowest BCUT2D eigenvalue weighted by atomic mass is 10.0. The summed E-state index contributed by atoms with van der Waals surface area (Å²) < 4.78 is 48.4. The molecule has 1 atom stereocenters. The van der Waals surface area contributed by atoms with E-state index in [0.717, 1.165) is 18.4 Å². The van der Waals surface area contributed by atoms with Crippen LogP contribution in [0.5, 0.6) is 0 Å². The van der Waals surface area contributed by atoms with Gasteiger partial charge in [0.25, 0.3) is 0 Å². The van der Waals surface area contributed by atoms with Crippen molar-refractivity contribution in [1.82, 2.24) is 0 Å². The first kappa shape index (κ1) is 33.3. The third-order valence-electron chi connectivity index (χ3n) is 6.69. The fourth-order valence-corrected chi connectivity index (χ4v) is 6.89. The maximum atomic E-state index is 12.6. The topological polar surface area (TPSA) is 69.7 Å². The van der Waals surface area contributed by atoms with Crippen molar-refractivity contribution in [3.8, 4) is 0 Å². The molecule has 0 aromatic heterocycles. The highest BCUT2D eigenvalue weighted by atomic mass is 32.2. The summed E-state index contributed by atoms with van der Waals surface area (Å²) in [7, 11) is -6.34. The Bertz CT molecular complexity index is 807. The van der Waals surface area contributed by atoms with Crippen LogP contribution in [0, 0.1) is 0 Å². The van der Waals surface area contributed by atoms with Crippen LogP contribution in [-0.2, 0) is 30.1 Å². The summed E-state index contributed by atoms with van der Waals surface area (Å²) in [4.78, 5) is 0.343. The predicted molar refractivity (Wildman–Crippen MR) is 153 cm³/mol. The van der Waals surface area contributed by atoms with Crippen LogP contribution in [0.2, 0.25) is 0 Å². The number of hydrogen-bond acceptors (Lipinski definition) is 5. The van der Waals surface area contributed by atoms with Crippen LogP contribution in [-0.4, -0.2) is 26.9 Å². The molecule has 210 valence electrons. The normalized spacial score (nSPS) is 13.6. The lowest BCUT2D eigenvalue weighted by Crippen LogP contribution is -2.07. The molecule has 1 aromatic carbocycles. The average Bonchev–Trinajstić information content (AvgIpc) is 2.87. The van der Waals surface area contributed by atoms with Gasteiger partial charge in [-0.15, -0.1) is 0 Å². The largest absolute Gasteiger partial charge is 0.330 e. The molecule has 0 heterocycles. The predicted octanol–water partition coefficient (Wildman–Crippen LogP) is 9.49. The van der Waals surface area contributed by atoms with Crippen LogP contribution in [0.1, 0.15) is 129 Å². The number of sulfone groups is 1. The number of benzene rings is 1. The molecule has 0 aliphatic heterocycles. The molecule has 0 aliphatic carbocycles. The maximum absolute atomic E-state index is 12.6. The van der Waals surface area contributed by atoms with Gasteiger partial charge in [0.2, 0.25) is 0 Å². The van der Waals surface area contributed by atoms with E-state index in [9.17, 15) is 13.0 Å². The van der Waals surface area contributed by atoms with E-state index in [2.05, 4.69) is 6.92 Å². The third kappa shape index (κ3) is 15.5. The van der Waals surface area contributed by atoms with Crippen molar-refractivity contribution in [3.05, 3.63) is 29.8 Å². The van der Waals surface area contributed by atoms with Gasteiger partial charge in [-0.1, -0.05) is 122 Å². The van der Waals surface area contributed by atoms with Gasteiger partial charge in [-0.25, -0.2) is 8.42 Å². The molecule has 0 fully saturated rings. The first-order chi connectivity index (χ1) is 17.4. The van der Waals surface area contributed by atoms with Crippen LogP contribution >= 0.6 is 7.60 Å². The van der Waals surface area contributed by atoms with Crippen LogP contribution in [0.3, 0.4) is 0 Å². The quantitative estimate of drug-likeness (QED) is 0.0957. The summed E-state index contributed by atoms with van der Waals surface area (Å²) in [6, 6.07) is 6.70. The van der Waals surface area contributed by atoms with Crippen LogP contribution in [0.4, 0.5) is 0 Å². The van der Waals surface area contributed by atoms with Crippen LogP contribution < -0.4 is 0 Å². The lowest BCUT2D eigenvalue weighted by Gasteiger charge is -2.16. The van der Waals surface area contributed by atoms with E-state index in [1.165, 1.54) is 83.5 Å². The molecule has 0 aliphatic rings. The molecule has 1 unspecified atom stereocenters. The second-order valence-corrected chi connectivity index (χ2v) is 14.4. The molecule has 0 radical (unpaired) electrons. The number of hydrogen-bond donors (Lipinski definition) is 0. The molecule has 0 amide bonds. The minimum Gasteiger partial charge on any atom is -0.309 e. The Hall–Kier alpha value is -0.680. The Balaban J connectivity index is 2.10. The molecular formula is C29H53O5PS. The first-order valence-corrected chi connectivity index (χ1v) is 17.9. The van der Waals surface area contributed by atoms with Gasteiger partial charge < -0.3 is 9.05 Å². The van der Waals surface area contributed by atoms with Crippen LogP contribution in [0.25, 0.3) is 0 Å². The molecule has 0 spiro atoms. The van der Waals surface area contributed by atoms with E-state index in [1.807, 2.05) is 0 Å². The van der Waals surface area contributed by atoms with Crippen molar-refractivity contribution in [2.45, 2.75) is 135 Å². The van der Waals surface area contributed by atoms with Crippen molar-refractivity contribution in [2.75, 3.05) is 18.5 Å². The monoisotopic (exact) mass is 544 g/mol. The molecule has 0 N–H and O–H groups in total. The highest BCUT2D eigenvalue weighted by molar-refractivity contribution is 7.91. The molecule has 1 rings (SSSR count). The summed E-state index contributed by atoms with van der Waals surface area (Å²) >= 11 is 0. The summed E-state index contributed by atoms with van der Waals surface area (Å²) in [5.41, 5.74) is 0.782. The van der Waals surface area contributed by atoms with Crippen LogP contribution in [0.15, 0.2) is 29.2 Å². The second kappa shape index (κ2) is 20.3. The molecular weight excluding hydrogens is 491 g/mol. The van der Waals surface area contributed by atoms with Gasteiger partial charge in [-0.05, 0) is 31.0 Å². The summed E-state index contributed by atoms with van der Waals surface area (Å²) in [5.74, 6) is 0.191. The van der Waals surface area contributed by atoms with E-state index in [-0.39, 0.29) is 12.4 Å². The van der Waals surface area contributed by atoms with Gasteiger partial charge in [0, 0.05) is 6.16 Å². The van der Waals surface area contributed by atoms with Gasteiger partial charge in [0.1, 0.15) is 0 Å². The second-order valence-electron chi connectivity index (χ2n) is 9.88. The summed E-state index contributed by atoms with van der Waals surface area (Å²) in [6.07, 6.45) is 20.7. The maximum Gasteiger partial charge on any atom is 0.330 e. The third-order valence-corrected chi connectivity index (χ3v) is 10.5. The molecule has 36 heavy (non-hydrogen) atoms. The van der Waals surface area contributed by atoms with Gasteiger partial charge in [0.05, 0.1) is 23.9 Å². The molecule has 0 saturated heterocycles. The van der Waals surface area contributed by atoms with Gasteiger partial charge >= 0.3 is 7.60 Å². The van der Waals surface area contributed by atoms with E-state index >= 15 is 0 Å². The Morgan fingerprint density at radius 3 is 1.50 bits per heavy atom. The van der Waals surface area contributed by atoms with Gasteiger partial charge in [0.15, 0.2) is 9.84 Å². The number of unbranched alkanes of at least 4 members (excludes halogenated alkanes) is 15. The Kier molecular flexibility index (Phi) is 18.8. The standard InChI is InChI=1S/C29H53O5PS/c1-4-7-8-9-10-11-12-13-14-15-16-17-18-19-20-21-26-36(31,32)29-24-22-28(23-25-29)27-34-35(30,6-3)33-5-2/h22-25H,4-21,26-27H2,1-3H3. The highest BCUT2D eigenvalue weighted by Gasteiger charge is 2.21. The van der Waals surface area contributed by atoms with E-state index in [4.69, 9.17) is 9.05 Å². The highest BCUT2D eigenvalue weighted by Crippen LogP contribution is 2.48. The van der Waals surface area contributed by atoms with Crippen molar-refractivity contribution in [3.63, 3.8) is 0 Å². The van der Waals surface area contributed by atoms with Crippen molar-refractivity contribution < 1.29 is 22.0 Å². The van der Waals surface area contributed by atoms with E-state index < -0.39 is 17.4 Å². The molecule has 5 nitrogen and oxygen atoms in total. The Morgan fingerprint density at radius 1 is 0.639 bits per heavy atom. The molecule has 0 bridgehead atoms. The fraction of sp³-hybridized carbons (Fsp3) is 0.793. The smallest absolute Gasteiger partial charge is 0.309 e.